The fourth-order valence-electron chi connectivity index (χ4n) is 3.63. The summed E-state index contributed by atoms with van der Waals surface area (Å²) in [6.45, 7) is 6.22. The highest BCUT2D eigenvalue weighted by Crippen LogP contribution is 2.15. The van der Waals surface area contributed by atoms with E-state index in [2.05, 4.69) is 41.2 Å². The number of anilines is 1. The zero-order chi connectivity index (χ0) is 23.5. The number of urea groups is 1. The lowest BCUT2D eigenvalue weighted by molar-refractivity contribution is 0.0526. The second-order valence-corrected chi connectivity index (χ2v) is 7.97. The van der Waals surface area contributed by atoms with Crippen LogP contribution in [-0.4, -0.2) is 34.6 Å². The van der Waals surface area contributed by atoms with Gasteiger partial charge in [-0.25, -0.2) is 9.59 Å². The molecule has 2 amide bonds. The molecule has 0 spiro atoms. The third kappa shape index (κ3) is 7.24. The lowest BCUT2D eigenvalue weighted by atomic mass is 10.2. The van der Waals surface area contributed by atoms with Gasteiger partial charge in [0, 0.05) is 30.7 Å². The summed E-state index contributed by atoms with van der Waals surface area (Å²) in [5.41, 5.74) is 3.42. The van der Waals surface area contributed by atoms with Crippen molar-refractivity contribution >= 4 is 17.7 Å². The number of nitrogens with zero attached hydrogens (tertiary/aromatic N) is 2. The average Bonchev–Trinajstić information content (AvgIpc) is 3.26. The number of benzene rings is 2. The van der Waals surface area contributed by atoms with Crippen LogP contribution in [0.1, 0.15) is 54.7 Å². The molecule has 0 fully saturated rings. The van der Waals surface area contributed by atoms with E-state index < -0.39 is 0 Å². The Hall–Kier alpha value is -3.54. The summed E-state index contributed by atoms with van der Waals surface area (Å²) in [7, 11) is 0. The minimum absolute atomic E-state index is 0.151. The Morgan fingerprint density at radius 3 is 2.39 bits per heavy atom. The van der Waals surface area contributed by atoms with Gasteiger partial charge >= 0.3 is 12.0 Å². The van der Waals surface area contributed by atoms with Crippen molar-refractivity contribution in [1.82, 2.24) is 9.47 Å². The molecule has 0 saturated heterocycles. The molecular weight excluding hydrogens is 414 g/mol. The second-order valence-electron chi connectivity index (χ2n) is 7.97. The number of ether oxygens (including phenoxy) is 1. The number of aromatic nitrogens is 1. The van der Waals surface area contributed by atoms with E-state index in [1.165, 1.54) is 5.56 Å². The van der Waals surface area contributed by atoms with Crippen LogP contribution in [0.25, 0.3) is 0 Å². The van der Waals surface area contributed by atoms with Crippen molar-refractivity contribution in [3.63, 3.8) is 0 Å². The molecule has 1 N–H and O–H groups in total. The van der Waals surface area contributed by atoms with Gasteiger partial charge in [-0.15, -0.1) is 0 Å². The van der Waals surface area contributed by atoms with Gasteiger partial charge in [0.1, 0.15) is 0 Å². The third-order valence-corrected chi connectivity index (χ3v) is 5.44. The maximum Gasteiger partial charge on any atom is 0.338 e. The van der Waals surface area contributed by atoms with E-state index in [1.807, 2.05) is 29.2 Å². The van der Waals surface area contributed by atoms with Crippen molar-refractivity contribution in [3.05, 3.63) is 89.7 Å². The van der Waals surface area contributed by atoms with E-state index in [0.717, 1.165) is 31.5 Å². The molecule has 0 saturated carbocycles. The Morgan fingerprint density at radius 2 is 1.70 bits per heavy atom. The summed E-state index contributed by atoms with van der Waals surface area (Å²) in [5.74, 6) is -0.365. The van der Waals surface area contributed by atoms with Gasteiger partial charge in [-0.3, -0.25) is 0 Å². The van der Waals surface area contributed by atoms with Crippen LogP contribution >= 0.6 is 0 Å². The molecule has 0 bridgehead atoms. The van der Waals surface area contributed by atoms with Gasteiger partial charge in [0.05, 0.1) is 18.7 Å². The van der Waals surface area contributed by atoms with Crippen molar-refractivity contribution in [2.24, 2.45) is 0 Å². The SMILES string of the molecule is CCCCCN(Cc1cccn1Cc1ccccc1)C(=O)Nc1ccc(C(=O)OCC)cc1. The molecule has 0 unspecified atom stereocenters. The first-order chi connectivity index (χ1) is 16.1. The number of unbranched alkanes of at least 4 members (excludes halogenated alkanes) is 2. The van der Waals surface area contributed by atoms with Crippen LogP contribution in [0.4, 0.5) is 10.5 Å². The van der Waals surface area contributed by atoms with Crippen molar-refractivity contribution < 1.29 is 14.3 Å². The molecule has 1 aromatic heterocycles. The molecule has 2 aromatic carbocycles. The number of hydrogen-bond donors (Lipinski definition) is 1. The lowest BCUT2D eigenvalue weighted by Crippen LogP contribution is -2.36. The molecule has 1 heterocycles. The molecular formula is C27H33N3O3. The van der Waals surface area contributed by atoms with Gasteiger partial charge in [-0.05, 0) is 55.3 Å². The standard InChI is InChI=1S/C27H33N3O3/c1-3-5-9-18-30(21-25-13-10-19-29(25)20-22-11-7-6-8-12-22)27(32)28-24-16-14-23(15-17-24)26(31)33-4-2/h6-8,10-17,19H,3-5,9,18,20-21H2,1-2H3,(H,28,32). The van der Waals surface area contributed by atoms with E-state index in [1.54, 1.807) is 31.2 Å². The molecule has 3 aromatic rings. The fraction of sp³-hybridized carbons (Fsp3) is 0.333. The maximum absolute atomic E-state index is 13.1. The van der Waals surface area contributed by atoms with Gasteiger partial charge in [-0.2, -0.15) is 0 Å². The van der Waals surface area contributed by atoms with Crippen LogP contribution in [0.3, 0.4) is 0 Å². The minimum Gasteiger partial charge on any atom is -0.462 e. The molecule has 6 heteroatoms. The molecule has 0 radical (unpaired) electrons. The van der Waals surface area contributed by atoms with Gasteiger partial charge in [0.25, 0.3) is 0 Å². The van der Waals surface area contributed by atoms with E-state index in [-0.39, 0.29) is 12.0 Å². The van der Waals surface area contributed by atoms with E-state index in [4.69, 9.17) is 4.74 Å². The summed E-state index contributed by atoms with van der Waals surface area (Å²) < 4.78 is 7.20. The monoisotopic (exact) mass is 447 g/mol. The third-order valence-electron chi connectivity index (χ3n) is 5.44. The molecule has 0 aliphatic carbocycles. The molecule has 0 aliphatic rings. The Labute approximate surface area is 196 Å². The van der Waals surface area contributed by atoms with Crippen LogP contribution in [0.5, 0.6) is 0 Å². The van der Waals surface area contributed by atoms with Crippen LogP contribution in [0.2, 0.25) is 0 Å². The van der Waals surface area contributed by atoms with Crippen LogP contribution < -0.4 is 5.32 Å². The van der Waals surface area contributed by atoms with Crippen molar-refractivity contribution in [2.75, 3.05) is 18.5 Å². The Balaban J connectivity index is 1.69. The summed E-state index contributed by atoms with van der Waals surface area (Å²) in [4.78, 5) is 26.8. The van der Waals surface area contributed by atoms with Gasteiger partial charge in [0.2, 0.25) is 0 Å². The topological polar surface area (TPSA) is 63.6 Å². The zero-order valence-corrected chi connectivity index (χ0v) is 19.5. The first-order valence-corrected chi connectivity index (χ1v) is 11.6. The highest BCUT2D eigenvalue weighted by molar-refractivity contribution is 5.92. The van der Waals surface area contributed by atoms with Crippen molar-refractivity contribution in [1.29, 1.82) is 0 Å². The lowest BCUT2D eigenvalue weighted by Gasteiger charge is -2.24. The van der Waals surface area contributed by atoms with Crippen LogP contribution in [0.15, 0.2) is 72.9 Å². The average molecular weight is 448 g/mol. The number of esters is 1. The van der Waals surface area contributed by atoms with Gasteiger partial charge < -0.3 is 19.5 Å². The van der Waals surface area contributed by atoms with Crippen LogP contribution in [-0.2, 0) is 17.8 Å². The number of carbonyl (C=O) groups excluding carboxylic acids is 2. The molecule has 6 nitrogen and oxygen atoms in total. The summed E-state index contributed by atoms with van der Waals surface area (Å²) in [6.07, 6.45) is 5.17. The Bertz CT molecular complexity index is 1010. The predicted octanol–water partition coefficient (Wildman–Crippen LogP) is 5.94. The Morgan fingerprint density at radius 1 is 0.939 bits per heavy atom. The highest BCUT2D eigenvalue weighted by atomic mass is 16.5. The minimum atomic E-state index is -0.365. The largest absolute Gasteiger partial charge is 0.462 e. The van der Waals surface area contributed by atoms with Gasteiger partial charge in [-0.1, -0.05) is 50.1 Å². The molecule has 0 aliphatic heterocycles. The van der Waals surface area contributed by atoms with E-state index in [9.17, 15) is 9.59 Å². The quantitative estimate of drug-likeness (QED) is 0.292. The second kappa shape index (κ2) is 12.5. The summed E-state index contributed by atoms with van der Waals surface area (Å²) in [6, 6.07) is 21.0. The normalized spacial score (nSPS) is 10.6. The number of hydrogen-bond acceptors (Lipinski definition) is 3. The maximum atomic E-state index is 13.1. The summed E-state index contributed by atoms with van der Waals surface area (Å²) >= 11 is 0. The molecule has 33 heavy (non-hydrogen) atoms. The first kappa shape index (κ1) is 24.1. The number of nitrogens with one attached hydrogen (secondary N) is 1. The molecule has 3 rings (SSSR count). The smallest absolute Gasteiger partial charge is 0.338 e. The summed E-state index contributed by atoms with van der Waals surface area (Å²) in [5, 5.41) is 2.97. The number of rotatable bonds is 11. The van der Waals surface area contributed by atoms with Crippen LogP contribution in [0, 0.1) is 0 Å². The van der Waals surface area contributed by atoms with E-state index >= 15 is 0 Å². The number of carbonyl (C=O) groups is 2. The Kier molecular flexibility index (Phi) is 9.12. The fourth-order valence-corrected chi connectivity index (χ4v) is 3.63. The number of amides is 2. The van der Waals surface area contributed by atoms with Crippen molar-refractivity contribution in [3.8, 4) is 0 Å². The molecule has 0 atom stereocenters. The molecule has 174 valence electrons. The van der Waals surface area contributed by atoms with Gasteiger partial charge in [0.15, 0.2) is 0 Å². The van der Waals surface area contributed by atoms with E-state index in [0.29, 0.717) is 30.9 Å². The van der Waals surface area contributed by atoms with Crippen molar-refractivity contribution in [2.45, 2.75) is 46.2 Å². The highest BCUT2D eigenvalue weighted by Gasteiger charge is 2.16. The first-order valence-electron chi connectivity index (χ1n) is 11.6. The zero-order valence-electron chi connectivity index (χ0n) is 19.5. The predicted molar refractivity (Wildman–Crippen MR) is 131 cm³/mol.